The van der Waals surface area contributed by atoms with E-state index in [0.29, 0.717) is 0 Å². The first-order valence-electron chi connectivity index (χ1n) is 9.67. The molecule has 0 radical (unpaired) electrons. The minimum atomic E-state index is -1.15. The van der Waals surface area contributed by atoms with E-state index in [2.05, 4.69) is 15.4 Å². The molecule has 28 heavy (non-hydrogen) atoms. The molecule has 0 atom stereocenters. The number of nitrogens with one attached hydrogen (secondary N) is 1. The van der Waals surface area contributed by atoms with Crippen molar-refractivity contribution in [2.24, 2.45) is 17.8 Å². The fourth-order valence-corrected chi connectivity index (χ4v) is 7.64. The Morgan fingerprint density at radius 2 is 1.86 bits per heavy atom. The van der Waals surface area contributed by atoms with Crippen molar-refractivity contribution in [3.8, 4) is 5.75 Å². The van der Waals surface area contributed by atoms with Crippen LogP contribution in [0.2, 0.25) is 0 Å². The van der Waals surface area contributed by atoms with E-state index in [1.807, 2.05) is 0 Å². The van der Waals surface area contributed by atoms with Crippen LogP contribution in [-0.2, 0) is 4.79 Å². The monoisotopic (exact) mass is 402 g/mol. The lowest BCUT2D eigenvalue weighted by Crippen LogP contribution is -2.48. The molecule has 3 N–H and O–H groups in total. The van der Waals surface area contributed by atoms with Gasteiger partial charge in [-0.05, 0) is 56.3 Å². The third kappa shape index (κ3) is 2.92. The van der Waals surface area contributed by atoms with Crippen LogP contribution in [0.5, 0.6) is 5.75 Å². The number of aliphatic carboxylic acids is 1. The van der Waals surface area contributed by atoms with Crippen LogP contribution in [0.4, 0.5) is 0 Å². The van der Waals surface area contributed by atoms with Crippen molar-refractivity contribution in [1.82, 2.24) is 19.9 Å². The average Bonchev–Trinajstić information content (AvgIpc) is 3.08. The van der Waals surface area contributed by atoms with Gasteiger partial charge < -0.3 is 15.5 Å². The fourth-order valence-electron chi connectivity index (χ4n) is 5.85. The molecule has 4 aliphatic rings. The lowest BCUT2D eigenvalue weighted by atomic mass is 9.56. The van der Waals surface area contributed by atoms with Crippen molar-refractivity contribution in [2.45, 2.75) is 48.3 Å². The molecule has 0 spiro atoms. The molecular weight excluding hydrogens is 380 g/mol. The lowest BCUT2D eigenvalue weighted by molar-refractivity contribution is -0.135. The molecule has 4 aliphatic carbocycles. The molecule has 0 saturated heterocycles. The zero-order valence-corrected chi connectivity index (χ0v) is 16.1. The maximum absolute atomic E-state index is 12.4. The van der Waals surface area contributed by atoms with E-state index in [9.17, 15) is 14.7 Å². The number of hydrogen-bond donors (Lipinski definition) is 3. The maximum Gasteiger partial charge on any atom is 0.322 e. The van der Waals surface area contributed by atoms with Gasteiger partial charge in [0.15, 0.2) is 5.65 Å². The van der Waals surface area contributed by atoms with Gasteiger partial charge in [-0.25, -0.2) is 9.50 Å². The van der Waals surface area contributed by atoms with Crippen LogP contribution in [0.25, 0.3) is 5.65 Å². The molecule has 0 aromatic carbocycles. The number of carbonyl (C=O) groups is 2. The minimum Gasteiger partial charge on any atom is -0.507 e. The van der Waals surface area contributed by atoms with Gasteiger partial charge in [0.1, 0.15) is 29.2 Å². The SMILES string of the molecule is O=C(O)CNC(=O)c1c(O)cc(SC23CC4CC(CC(C4)C2)C3)n2ncnc12. The largest absolute Gasteiger partial charge is 0.507 e. The van der Waals surface area contributed by atoms with Crippen molar-refractivity contribution in [3.63, 3.8) is 0 Å². The molecular formula is C19H22N4O4S. The van der Waals surface area contributed by atoms with Crippen molar-refractivity contribution >= 4 is 29.3 Å². The molecule has 4 saturated carbocycles. The fraction of sp³-hybridized carbons (Fsp3) is 0.579. The topological polar surface area (TPSA) is 117 Å². The molecule has 2 heterocycles. The number of pyridine rings is 1. The smallest absolute Gasteiger partial charge is 0.322 e. The van der Waals surface area contributed by atoms with Crippen LogP contribution in [0.3, 0.4) is 0 Å². The summed E-state index contributed by atoms with van der Waals surface area (Å²) in [6, 6.07) is 1.57. The second-order valence-electron chi connectivity index (χ2n) is 8.52. The van der Waals surface area contributed by atoms with E-state index in [1.165, 1.54) is 44.9 Å². The summed E-state index contributed by atoms with van der Waals surface area (Å²) in [4.78, 5) is 27.3. The molecule has 4 fully saturated rings. The third-order valence-electron chi connectivity index (χ3n) is 6.43. The summed E-state index contributed by atoms with van der Waals surface area (Å²) in [6.45, 7) is -0.525. The Hall–Kier alpha value is -2.29. The van der Waals surface area contributed by atoms with Gasteiger partial charge in [-0.2, -0.15) is 5.10 Å². The van der Waals surface area contributed by atoms with Gasteiger partial charge >= 0.3 is 5.97 Å². The number of nitrogens with zero attached hydrogens (tertiary/aromatic N) is 3. The molecule has 1 amide bonds. The summed E-state index contributed by atoms with van der Waals surface area (Å²) in [6.07, 6.45) is 9.00. The number of fused-ring (bicyclic) bond motifs is 1. The minimum absolute atomic E-state index is 0.0476. The molecule has 2 aromatic heterocycles. The van der Waals surface area contributed by atoms with Crippen LogP contribution in [0.1, 0.15) is 48.9 Å². The Labute approximate surface area is 165 Å². The van der Waals surface area contributed by atoms with Gasteiger partial charge in [-0.15, -0.1) is 0 Å². The standard InChI is InChI=1S/C19H22N4O4S/c24-13-4-14(28-19-5-10-1-11(6-19)3-12(2-10)7-19)23-17(21-9-22-23)16(13)18(27)20-8-15(25)26/h4,9-12,24H,1-3,5-8H2,(H,20,27)(H,25,26). The highest BCUT2D eigenvalue weighted by molar-refractivity contribution is 8.00. The first kappa shape index (κ1) is 17.8. The van der Waals surface area contributed by atoms with Crippen LogP contribution in [0.15, 0.2) is 17.4 Å². The Bertz CT molecular complexity index is 937. The summed E-state index contributed by atoms with van der Waals surface area (Å²) in [7, 11) is 0. The normalized spacial score (nSPS) is 30.6. The zero-order valence-electron chi connectivity index (χ0n) is 15.3. The van der Waals surface area contributed by atoms with Crippen molar-refractivity contribution in [3.05, 3.63) is 18.0 Å². The van der Waals surface area contributed by atoms with Gasteiger partial charge in [-0.3, -0.25) is 9.59 Å². The first-order chi connectivity index (χ1) is 13.4. The van der Waals surface area contributed by atoms with E-state index in [0.717, 1.165) is 22.8 Å². The van der Waals surface area contributed by atoms with Crippen molar-refractivity contribution in [2.75, 3.05) is 6.54 Å². The summed E-state index contributed by atoms with van der Waals surface area (Å²) < 4.78 is 1.77. The predicted molar refractivity (Wildman–Crippen MR) is 101 cm³/mol. The van der Waals surface area contributed by atoms with E-state index >= 15 is 0 Å². The van der Waals surface area contributed by atoms with Gasteiger partial charge in [-0.1, -0.05) is 11.8 Å². The summed E-state index contributed by atoms with van der Waals surface area (Å²) in [5, 5.41) is 26.7. The number of carboxylic acids is 1. The van der Waals surface area contributed by atoms with E-state index in [-0.39, 0.29) is 21.7 Å². The highest BCUT2D eigenvalue weighted by Gasteiger charge is 2.51. The number of aromatic nitrogens is 3. The maximum atomic E-state index is 12.4. The Kier molecular flexibility index (Phi) is 4.04. The molecule has 148 valence electrons. The Morgan fingerprint density at radius 1 is 1.21 bits per heavy atom. The summed E-state index contributed by atoms with van der Waals surface area (Å²) in [5.74, 6) is 0.387. The molecule has 2 aromatic rings. The number of aromatic hydroxyl groups is 1. The van der Waals surface area contributed by atoms with Crippen molar-refractivity contribution < 1.29 is 19.8 Å². The molecule has 6 rings (SSSR count). The molecule has 0 unspecified atom stereocenters. The van der Waals surface area contributed by atoms with Crippen molar-refractivity contribution in [1.29, 1.82) is 0 Å². The van der Waals surface area contributed by atoms with E-state index in [1.54, 1.807) is 22.3 Å². The highest BCUT2D eigenvalue weighted by atomic mass is 32.2. The lowest BCUT2D eigenvalue weighted by Gasteiger charge is -2.56. The number of hydrogen-bond acceptors (Lipinski definition) is 6. The van der Waals surface area contributed by atoms with Crippen LogP contribution < -0.4 is 5.32 Å². The van der Waals surface area contributed by atoms with Gasteiger partial charge in [0.25, 0.3) is 5.91 Å². The number of amides is 1. The average molecular weight is 402 g/mol. The molecule has 0 aliphatic heterocycles. The molecule has 9 heteroatoms. The summed E-state index contributed by atoms with van der Waals surface area (Å²) >= 11 is 1.76. The van der Waals surface area contributed by atoms with Gasteiger partial charge in [0, 0.05) is 10.8 Å². The second-order valence-corrected chi connectivity index (χ2v) is 10.0. The second kappa shape index (κ2) is 6.37. The van der Waals surface area contributed by atoms with E-state index in [4.69, 9.17) is 5.11 Å². The van der Waals surface area contributed by atoms with Gasteiger partial charge in [0.2, 0.25) is 0 Å². The van der Waals surface area contributed by atoms with Crippen LogP contribution >= 0.6 is 11.8 Å². The van der Waals surface area contributed by atoms with Crippen LogP contribution in [-0.4, -0.2) is 48.0 Å². The highest BCUT2D eigenvalue weighted by Crippen LogP contribution is 2.62. The zero-order chi connectivity index (χ0) is 19.5. The quantitative estimate of drug-likeness (QED) is 0.702. The summed E-state index contributed by atoms with van der Waals surface area (Å²) in [5.41, 5.74) is 0.198. The Balaban J connectivity index is 1.48. The number of thioether (sulfide) groups is 1. The number of carboxylic acid groups (broad SMARTS) is 1. The first-order valence-corrected chi connectivity index (χ1v) is 10.5. The number of carbonyl (C=O) groups excluding carboxylic acids is 1. The Morgan fingerprint density at radius 3 is 2.46 bits per heavy atom. The third-order valence-corrected chi connectivity index (χ3v) is 7.86. The number of rotatable bonds is 5. The predicted octanol–water partition coefficient (Wildman–Crippen LogP) is 2.31. The van der Waals surface area contributed by atoms with Crippen LogP contribution in [0, 0.1) is 17.8 Å². The van der Waals surface area contributed by atoms with Gasteiger partial charge in [0.05, 0.1) is 0 Å². The molecule has 4 bridgehead atoms. The van der Waals surface area contributed by atoms with E-state index < -0.39 is 18.4 Å². The molecule has 8 nitrogen and oxygen atoms in total.